The SMILES string of the molecule is O=C(NCCNc1ccc(-n2cccc2)nn1)Nc1c(F)cccc1F. The monoisotopic (exact) mass is 358 g/mol. The van der Waals surface area contributed by atoms with Crippen LogP contribution in [0.25, 0.3) is 5.82 Å². The Labute approximate surface area is 148 Å². The van der Waals surface area contributed by atoms with E-state index in [-0.39, 0.29) is 6.54 Å². The molecule has 0 saturated carbocycles. The number of rotatable bonds is 6. The summed E-state index contributed by atoms with van der Waals surface area (Å²) in [6, 6.07) is 9.99. The number of carbonyl (C=O) groups is 1. The molecule has 3 N–H and O–H groups in total. The summed E-state index contributed by atoms with van der Waals surface area (Å²) >= 11 is 0. The van der Waals surface area contributed by atoms with E-state index in [0.29, 0.717) is 18.2 Å². The molecule has 0 bridgehead atoms. The number of benzene rings is 1. The number of amides is 2. The number of carbonyl (C=O) groups excluding carboxylic acids is 1. The second kappa shape index (κ2) is 8.06. The predicted molar refractivity (Wildman–Crippen MR) is 93.2 cm³/mol. The van der Waals surface area contributed by atoms with Crippen molar-refractivity contribution in [3.8, 4) is 5.82 Å². The summed E-state index contributed by atoms with van der Waals surface area (Å²) in [5.74, 6) is -0.444. The average Bonchev–Trinajstić information content (AvgIpc) is 3.17. The van der Waals surface area contributed by atoms with Crippen molar-refractivity contribution >= 4 is 17.5 Å². The second-order valence-corrected chi connectivity index (χ2v) is 5.27. The van der Waals surface area contributed by atoms with Gasteiger partial charge >= 0.3 is 6.03 Å². The first-order valence-corrected chi connectivity index (χ1v) is 7.83. The number of aromatic nitrogens is 3. The number of nitrogens with one attached hydrogen (secondary N) is 3. The summed E-state index contributed by atoms with van der Waals surface area (Å²) in [5.41, 5.74) is -0.482. The van der Waals surface area contributed by atoms with Crippen LogP contribution in [0.3, 0.4) is 0 Å². The molecular formula is C17H16F2N6O. The molecule has 0 aliphatic rings. The largest absolute Gasteiger partial charge is 0.367 e. The lowest BCUT2D eigenvalue weighted by Crippen LogP contribution is -2.33. The fourth-order valence-electron chi connectivity index (χ4n) is 2.19. The van der Waals surface area contributed by atoms with Crippen LogP contribution in [0.1, 0.15) is 0 Å². The molecule has 0 radical (unpaired) electrons. The van der Waals surface area contributed by atoms with E-state index >= 15 is 0 Å². The number of urea groups is 1. The molecule has 1 aromatic carbocycles. The van der Waals surface area contributed by atoms with Crippen LogP contribution in [0.2, 0.25) is 0 Å². The standard InChI is InChI=1S/C17H16F2N6O/c18-12-4-3-5-13(19)16(12)22-17(26)21-9-8-20-14-6-7-15(24-23-14)25-10-1-2-11-25/h1-7,10-11H,8-9H2,(H,20,23)(H2,21,22,26). The lowest BCUT2D eigenvalue weighted by molar-refractivity contribution is 0.252. The Morgan fingerprint density at radius 1 is 0.962 bits per heavy atom. The summed E-state index contributed by atoms with van der Waals surface area (Å²) in [6.45, 7) is 0.591. The van der Waals surface area contributed by atoms with Crippen LogP contribution in [-0.4, -0.2) is 33.9 Å². The Kier molecular flexibility index (Phi) is 5.37. The van der Waals surface area contributed by atoms with Gasteiger partial charge in [-0.1, -0.05) is 6.07 Å². The number of nitrogens with zero attached hydrogens (tertiary/aromatic N) is 3. The topological polar surface area (TPSA) is 83.9 Å². The number of halogens is 2. The van der Waals surface area contributed by atoms with Gasteiger partial charge in [0.15, 0.2) is 5.82 Å². The highest BCUT2D eigenvalue weighted by Crippen LogP contribution is 2.17. The van der Waals surface area contributed by atoms with Gasteiger partial charge in [0.1, 0.15) is 23.1 Å². The normalized spacial score (nSPS) is 10.4. The first-order valence-electron chi connectivity index (χ1n) is 7.83. The number of anilines is 2. The van der Waals surface area contributed by atoms with E-state index in [1.807, 2.05) is 29.1 Å². The van der Waals surface area contributed by atoms with Gasteiger partial charge in [0.25, 0.3) is 0 Å². The van der Waals surface area contributed by atoms with E-state index in [0.717, 1.165) is 12.1 Å². The minimum atomic E-state index is -0.837. The highest BCUT2D eigenvalue weighted by molar-refractivity contribution is 5.89. The van der Waals surface area contributed by atoms with Crippen LogP contribution in [0.5, 0.6) is 0 Å². The fraction of sp³-hybridized carbons (Fsp3) is 0.118. The lowest BCUT2D eigenvalue weighted by atomic mass is 10.3. The zero-order valence-corrected chi connectivity index (χ0v) is 13.6. The van der Waals surface area contributed by atoms with Gasteiger partial charge in [0.05, 0.1) is 0 Å². The molecule has 134 valence electrons. The van der Waals surface area contributed by atoms with Crippen LogP contribution < -0.4 is 16.0 Å². The third-order valence-corrected chi connectivity index (χ3v) is 3.44. The van der Waals surface area contributed by atoms with Crippen molar-refractivity contribution in [2.45, 2.75) is 0 Å². The molecular weight excluding hydrogens is 342 g/mol. The highest BCUT2D eigenvalue weighted by atomic mass is 19.1. The molecule has 0 aliphatic carbocycles. The maximum atomic E-state index is 13.4. The van der Waals surface area contributed by atoms with E-state index < -0.39 is 23.4 Å². The van der Waals surface area contributed by atoms with Gasteiger partial charge in [0.2, 0.25) is 0 Å². The van der Waals surface area contributed by atoms with Crippen molar-refractivity contribution in [1.29, 1.82) is 0 Å². The molecule has 0 aliphatic heterocycles. The molecule has 2 amide bonds. The number of para-hydroxylation sites is 1. The van der Waals surface area contributed by atoms with Crippen molar-refractivity contribution in [3.05, 3.63) is 66.5 Å². The van der Waals surface area contributed by atoms with Gasteiger partial charge in [-0.3, -0.25) is 0 Å². The first kappa shape index (κ1) is 17.3. The van der Waals surface area contributed by atoms with Crippen LogP contribution in [0.4, 0.5) is 25.1 Å². The van der Waals surface area contributed by atoms with E-state index in [4.69, 9.17) is 0 Å². The van der Waals surface area contributed by atoms with E-state index in [2.05, 4.69) is 26.1 Å². The smallest absolute Gasteiger partial charge is 0.319 e. The summed E-state index contributed by atoms with van der Waals surface area (Å²) < 4.78 is 28.7. The average molecular weight is 358 g/mol. The predicted octanol–water partition coefficient (Wildman–Crippen LogP) is 2.78. The third-order valence-electron chi connectivity index (χ3n) is 3.44. The molecule has 26 heavy (non-hydrogen) atoms. The van der Waals surface area contributed by atoms with Gasteiger partial charge in [-0.05, 0) is 36.4 Å². The minimum absolute atomic E-state index is 0.225. The van der Waals surface area contributed by atoms with Gasteiger partial charge in [0, 0.05) is 25.5 Å². The van der Waals surface area contributed by atoms with Crippen LogP contribution in [-0.2, 0) is 0 Å². The van der Waals surface area contributed by atoms with Crippen molar-refractivity contribution < 1.29 is 13.6 Å². The Morgan fingerprint density at radius 3 is 2.35 bits per heavy atom. The molecule has 7 nitrogen and oxygen atoms in total. The number of hydrogen-bond acceptors (Lipinski definition) is 4. The quantitative estimate of drug-likeness (QED) is 0.592. The first-order chi connectivity index (χ1) is 12.6. The lowest BCUT2D eigenvalue weighted by Gasteiger charge is -2.10. The van der Waals surface area contributed by atoms with Crippen LogP contribution >= 0.6 is 0 Å². The van der Waals surface area contributed by atoms with Gasteiger partial charge < -0.3 is 20.5 Å². The van der Waals surface area contributed by atoms with Crippen LogP contribution in [0, 0.1) is 11.6 Å². The molecule has 0 fully saturated rings. The summed E-state index contributed by atoms with van der Waals surface area (Å²) in [5, 5.41) is 15.7. The minimum Gasteiger partial charge on any atom is -0.367 e. The Hall–Kier alpha value is -3.49. The molecule has 2 aromatic heterocycles. The van der Waals surface area contributed by atoms with Crippen molar-refractivity contribution in [3.63, 3.8) is 0 Å². The highest BCUT2D eigenvalue weighted by Gasteiger charge is 2.11. The Bertz CT molecular complexity index is 847. The molecule has 2 heterocycles. The summed E-state index contributed by atoms with van der Waals surface area (Å²) in [6.07, 6.45) is 3.72. The molecule has 9 heteroatoms. The zero-order chi connectivity index (χ0) is 18.4. The van der Waals surface area contributed by atoms with Gasteiger partial charge in [-0.2, -0.15) is 0 Å². The van der Waals surface area contributed by atoms with Crippen LogP contribution in [0.15, 0.2) is 54.9 Å². The zero-order valence-electron chi connectivity index (χ0n) is 13.6. The molecule has 3 aromatic rings. The van der Waals surface area contributed by atoms with Crippen molar-refractivity contribution in [1.82, 2.24) is 20.1 Å². The maximum Gasteiger partial charge on any atom is 0.319 e. The van der Waals surface area contributed by atoms with Gasteiger partial charge in [-0.15, -0.1) is 10.2 Å². The van der Waals surface area contributed by atoms with E-state index in [1.54, 1.807) is 12.1 Å². The molecule has 0 spiro atoms. The number of hydrogen-bond donors (Lipinski definition) is 3. The van der Waals surface area contributed by atoms with Crippen molar-refractivity contribution in [2.24, 2.45) is 0 Å². The second-order valence-electron chi connectivity index (χ2n) is 5.27. The summed E-state index contributed by atoms with van der Waals surface area (Å²) in [7, 11) is 0. The molecule has 3 rings (SSSR count). The fourth-order valence-corrected chi connectivity index (χ4v) is 2.19. The third kappa shape index (κ3) is 4.32. The summed E-state index contributed by atoms with van der Waals surface area (Å²) in [4.78, 5) is 11.7. The van der Waals surface area contributed by atoms with E-state index in [9.17, 15) is 13.6 Å². The van der Waals surface area contributed by atoms with Gasteiger partial charge in [-0.25, -0.2) is 13.6 Å². The molecule has 0 unspecified atom stereocenters. The van der Waals surface area contributed by atoms with Crippen molar-refractivity contribution in [2.75, 3.05) is 23.7 Å². The Balaban J connectivity index is 1.43. The van der Waals surface area contributed by atoms with E-state index in [1.165, 1.54) is 6.07 Å². The molecule has 0 atom stereocenters. The molecule has 0 saturated heterocycles. The maximum absolute atomic E-state index is 13.4. The Morgan fingerprint density at radius 2 is 1.69 bits per heavy atom.